The van der Waals surface area contributed by atoms with Crippen LogP contribution < -0.4 is 10.2 Å². The van der Waals surface area contributed by atoms with Gasteiger partial charge in [0.15, 0.2) is 11.6 Å². The van der Waals surface area contributed by atoms with Crippen LogP contribution in [0, 0.1) is 11.2 Å². The highest BCUT2D eigenvalue weighted by Crippen LogP contribution is 2.52. The maximum Gasteiger partial charge on any atom is 0.238 e. The Morgan fingerprint density at radius 2 is 1.78 bits per heavy atom. The van der Waals surface area contributed by atoms with Crippen molar-refractivity contribution in [1.82, 2.24) is 29.3 Å². The molecule has 51 heavy (non-hydrogen) atoms. The number of carbonyl (C=O) groups excluding carboxylic acids is 1. The highest BCUT2D eigenvalue weighted by atomic mass is 19.1. The summed E-state index contributed by atoms with van der Waals surface area (Å²) >= 11 is 0. The molecule has 268 valence electrons. The van der Waals surface area contributed by atoms with Gasteiger partial charge in [0.2, 0.25) is 5.91 Å². The summed E-state index contributed by atoms with van der Waals surface area (Å²) in [6, 6.07) is 11.4. The molecule has 0 atom stereocenters. The van der Waals surface area contributed by atoms with Gasteiger partial charge in [-0.05, 0) is 101 Å². The van der Waals surface area contributed by atoms with E-state index in [0.29, 0.717) is 29.0 Å². The molecule has 1 aliphatic carbocycles. The summed E-state index contributed by atoms with van der Waals surface area (Å²) in [5.74, 6) is 0.353. The van der Waals surface area contributed by atoms with E-state index in [2.05, 4.69) is 75.5 Å². The molecule has 3 saturated heterocycles. The van der Waals surface area contributed by atoms with Crippen LogP contribution in [0.2, 0.25) is 0 Å². The number of nitrogens with zero attached hydrogens (tertiary/aromatic N) is 7. The van der Waals surface area contributed by atoms with Gasteiger partial charge >= 0.3 is 0 Å². The number of aromatic nitrogens is 4. The van der Waals surface area contributed by atoms with E-state index < -0.39 is 11.2 Å². The van der Waals surface area contributed by atoms with Crippen molar-refractivity contribution in [2.24, 2.45) is 5.41 Å². The summed E-state index contributed by atoms with van der Waals surface area (Å²) < 4.78 is 22.4. The highest BCUT2D eigenvalue weighted by molar-refractivity contribution is 6.09. The van der Waals surface area contributed by atoms with E-state index in [1.54, 1.807) is 12.3 Å². The van der Waals surface area contributed by atoms with E-state index in [1.165, 1.54) is 19.0 Å². The van der Waals surface area contributed by atoms with Gasteiger partial charge in [0.25, 0.3) is 0 Å². The van der Waals surface area contributed by atoms with E-state index in [0.717, 1.165) is 98.6 Å². The standard InChI is InChI=1S/C40H49FN8O2/c1-25(2)48-24-43-34-19-33(45-37(36(34)48)44-32-8-12-42-20-31(32)41)26-6-7-30-35(16-26)49(28-17-27(18-28)47-13-5-9-39(3,4)23-47)38(50)40(30)10-14-46(15-11-40)29-21-51-22-29/h6-8,12,16,19-20,24-25,27-29H,5,9-11,13-15,17-18,21-23H2,1-4H3,(H,42,44,45)/t27-,28+. The van der Waals surface area contributed by atoms with Crippen LogP contribution in [0.15, 0.2) is 49.1 Å². The van der Waals surface area contributed by atoms with Gasteiger partial charge < -0.3 is 19.5 Å². The van der Waals surface area contributed by atoms with Gasteiger partial charge in [-0.25, -0.2) is 14.4 Å². The van der Waals surface area contributed by atoms with Crippen LogP contribution in [-0.2, 0) is 14.9 Å². The summed E-state index contributed by atoms with van der Waals surface area (Å²) in [5.41, 5.74) is 5.56. The van der Waals surface area contributed by atoms with Crippen LogP contribution in [0.5, 0.6) is 0 Å². The Hall–Kier alpha value is -3.93. The Morgan fingerprint density at radius 3 is 2.49 bits per heavy atom. The lowest BCUT2D eigenvalue weighted by Crippen LogP contribution is -2.60. The van der Waals surface area contributed by atoms with Crippen LogP contribution in [0.3, 0.4) is 0 Å². The van der Waals surface area contributed by atoms with Crippen molar-refractivity contribution in [2.75, 3.05) is 49.6 Å². The first kappa shape index (κ1) is 32.9. The molecule has 0 radical (unpaired) electrons. The Balaban J connectivity index is 1.09. The van der Waals surface area contributed by atoms with Gasteiger partial charge in [0.05, 0.1) is 54.1 Å². The monoisotopic (exact) mass is 692 g/mol. The normalized spacial score (nSPS) is 25.0. The van der Waals surface area contributed by atoms with E-state index in [4.69, 9.17) is 14.7 Å². The lowest BCUT2D eigenvalue weighted by molar-refractivity contribution is -0.128. The van der Waals surface area contributed by atoms with Gasteiger partial charge in [0, 0.05) is 42.1 Å². The number of likely N-dealkylation sites (tertiary alicyclic amines) is 2. The topological polar surface area (TPSA) is 91.7 Å². The first-order chi connectivity index (χ1) is 24.6. The van der Waals surface area contributed by atoms with Gasteiger partial charge in [-0.2, -0.15) is 0 Å². The van der Waals surface area contributed by atoms with Crippen LogP contribution in [-0.4, -0.2) is 92.7 Å². The summed E-state index contributed by atoms with van der Waals surface area (Å²) in [7, 11) is 0. The van der Waals surface area contributed by atoms with Crippen LogP contribution >= 0.6 is 0 Å². The molecular formula is C40H49FN8O2. The fourth-order valence-corrected chi connectivity index (χ4v) is 9.44. The fourth-order valence-electron chi connectivity index (χ4n) is 9.44. The lowest BCUT2D eigenvalue weighted by atomic mass is 9.73. The highest BCUT2D eigenvalue weighted by Gasteiger charge is 2.56. The average molecular weight is 693 g/mol. The molecule has 1 saturated carbocycles. The molecule has 4 fully saturated rings. The number of ether oxygens (including phenoxy) is 1. The summed E-state index contributed by atoms with van der Waals surface area (Å²) in [6.45, 7) is 14.6. The minimum Gasteiger partial charge on any atom is -0.378 e. The summed E-state index contributed by atoms with van der Waals surface area (Å²) in [5, 5.41) is 3.25. The number of anilines is 3. The number of benzene rings is 1. The molecule has 1 N–H and O–H groups in total. The second-order valence-corrected chi connectivity index (χ2v) is 16.7. The molecule has 11 heteroatoms. The van der Waals surface area contributed by atoms with Crippen LogP contribution in [0.25, 0.3) is 22.3 Å². The molecule has 5 aliphatic rings. The molecule has 1 amide bonds. The number of nitrogens with one attached hydrogen (secondary N) is 1. The molecule has 1 aromatic carbocycles. The minimum absolute atomic E-state index is 0.131. The number of halogens is 1. The number of imidazole rings is 1. The molecule has 3 aromatic heterocycles. The first-order valence-corrected chi connectivity index (χ1v) is 18.9. The SMILES string of the molecule is CC(C)n1cnc2cc(-c3ccc4c(c3)N([C@H]3C[C@@H](N5CCCC(C)(C)C5)C3)C(=O)C43CCN(C4COC4)CC3)nc(Nc3ccncc3F)c21. The quantitative estimate of drug-likeness (QED) is 0.229. The number of carbonyl (C=O) groups is 1. The number of pyridine rings is 2. The summed E-state index contributed by atoms with van der Waals surface area (Å²) in [6.07, 6.45) is 10.8. The molecule has 9 rings (SSSR count). The third-order valence-corrected chi connectivity index (χ3v) is 12.5. The number of hydrogen-bond acceptors (Lipinski definition) is 8. The maximum atomic E-state index is 14.9. The Morgan fingerprint density at radius 1 is 0.980 bits per heavy atom. The largest absolute Gasteiger partial charge is 0.378 e. The number of rotatable bonds is 7. The van der Waals surface area contributed by atoms with Crippen molar-refractivity contribution in [2.45, 2.75) is 95.8 Å². The minimum atomic E-state index is -0.508. The van der Waals surface area contributed by atoms with Gasteiger partial charge in [0.1, 0.15) is 5.52 Å². The van der Waals surface area contributed by atoms with Crippen molar-refractivity contribution in [3.8, 4) is 11.3 Å². The molecule has 4 aliphatic heterocycles. The van der Waals surface area contributed by atoms with E-state index >= 15 is 0 Å². The number of hydrogen-bond donors (Lipinski definition) is 1. The maximum absolute atomic E-state index is 14.9. The zero-order valence-electron chi connectivity index (χ0n) is 30.2. The predicted molar refractivity (Wildman–Crippen MR) is 197 cm³/mol. The van der Waals surface area contributed by atoms with Crippen LogP contribution in [0.4, 0.5) is 21.6 Å². The smallest absolute Gasteiger partial charge is 0.238 e. The van der Waals surface area contributed by atoms with Gasteiger partial charge in [-0.15, -0.1) is 0 Å². The second-order valence-electron chi connectivity index (χ2n) is 16.7. The Bertz CT molecular complexity index is 1970. The molecule has 0 bridgehead atoms. The van der Waals surface area contributed by atoms with Crippen molar-refractivity contribution >= 4 is 34.1 Å². The van der Waals surface area contributed by atoms with Gasteiger partial charge in [-0.3, -0.25) is 19.6 Å². The van der Waals surface area contributed by atoms with E-state index in [-0.39, 0.29) is 18.0 Å². The number of amides is 1. The van der Waals surface area contributed by atoms with Crippen molar-refractivity contribution < 1.29 is 13.9 Å². The predicted octanol–water partition coefficient (Wildman–Crippen LogP) is 6.69. The van der Waals surface area contributed by atoms with E-state index in [9.17, 15) is 9.18 Å². The number of fused-ring (bicyclic) bond motifs is 3. The van der Waals surface area contributed by atoms with Crippen LogP contribution in [0.1, 0.15) is 77.8 Å². The molecule has 0 unspecified atom stereocenters. The Labute approximate surface area is 299 Å². The molecule has 7 heterocycles. The zero-order valence-corrected chi connectivity index (χ0v) is 30.2. The second kappa shape index (κ2) is 12.3. The molecule has 4 aromatic rings. The molecule has 1 spiro atoms. The van der Waals surface area contributed by atoms with Crippen molar-refractivity contribution in [1.29, 1.82) is 0 Å². The fraction of sp³-hybridized carbons (Fsp3) is 0.550. The van der Waals surface area contributed by atoms with E-state index in [1.807, 2.05) is 12.4 Å². The third-order valence-electron chi connectivity index (χ3n) is 12.5. The summed E-state index contributed by atoms with van der Waals surface area (Å²) in [4.78, 5) is 36.1. The van der Waals surface area contributed by atoms with Gasteiger partial charge in [-0.1, -0.05) is 26.0 Å². The average Bonchev–Trinajstić information content (AvgIpc) is 3.59. The third kappa shape index (κ3) is 5.54. The Kier molecular flexibility index (Phi) is 7.97. The molecule has 10 nitrogen and oxygen atoms in total. The number of piperidine rings is 2. The zero-order chi connectivity index (χ0) is 35.1. The molecular weight excluding hydrogens is 643 g/mol. The first-order valence-electron chi connectivity index (χ1n) is 18.9. The van der Waals surface area contributed by atoms with Crippen molar-refractivity contribution in [3.05, 3.63) is 60.4 Å². The lowest BCUT2D eigenvalue weighted by Gasteiger charge is -2.51. The van der Waals surface area contributed by atoms with Crippen molar-refractivity contribution in [3.63, 3.8) is 0 Å².